The van der Waals surface area contributed by atoms with Gasteiger partial charge in [0.1, 0.15) is 5.00 Å². The zero-order valence-corrected chi connectivity index (χ0v) is 12.0. The third-order valence-electron chi connectivity index (χ3n) is 2.42. The van der Waals surface area contributed by atoms with Gasteiger partial charge >= 0.3 is 5.97 Å². The molecule has 0 bridgehead atoms. The Morgan fingerprint density at radius 1 is 1.42 bits per heavy atom. The van der Waals surface area contributed by atoms with Crippen molar-refractivity contribution < 1.29 is 19.4 Å². The summed E-state index contributed by atoms with van der Waals surface area (Å²) in [5.41, 5.74) is 0.403. The number of hydrogen-bond donors (Lipinski definition) is 2. The van der Waals surface area contributed by atoms with E-state index in [4.69, 9.17) is 9.84 Å². The Morgan fingerprint density at radius 3 is 2.79 bits per heavy atom. The van der Waals surface area contributed by atoms with Crippen molar-refractivity contribution in [2.75, 3.05) is 18.5 Å². The van der Waals surface area contributed by atoms with E-state index in [0.29, 0.717) is 36.4 Å². The normalized spacial score (nSPS) is 10.3. The number of aryl methyl sites for hydroxylation is 1. The second-order valence-electron chi connectivity index (χ2n) is 4.05. The van der Waals surface area contributed by atoms with E-state index in [9.17, 15) is 9.59 Å². The Kier molecular flexibility index (Phi) is 6.52. The van der Waals surface area contributed by atoms with Gasteiger partial charge in [0.25, 0.3) is 0 Å². The molecular formula is C13H19NO4S. The summed E-state index contributed by atoms with van der Waals surface area (Å²) in [4.78, 5) is 24.4. The van der Waals surface area contributed by atoms with Crippen LogP contribution in [0.25, 0.3) is 0 Å². The minimum atomic E-state index is -0.419. The first-order valence-electron chi connectivity index (χ1n) is 6.26. The molecule has 1 amide bonds. The fraction of sp³-hybridized carbons (Fsp3) is 0.538. The lowest BCUT2D eigenvalue weighted by Crippen LogP contribution is -2.13. The average molecular weight is 285 g/mol. The molecule has 0 unspecified atom stereocenters. The maximum Gasteiger partial charge on any atom is 0.341 e. The highest BCUT2D eigenvalue weighted by molar-refractivity contribution is 7.16. The Labute approximate surface area is 116 Å². The number of amides is 1. The lowest BCUT2D eigenvalue weighted by molar-refractivity contribution is -0.116. The van der Waals surface area contributed by atoms with Gasteiger partial charge in [0.05, 0.1) is 12.2 Å². The fourth-order valence-electron chi connectivity index (χ4n) is 1.55. The van der Waals surface area contributed by atoms with Crippen LogP contribution in [0.1, 0.15) is 41.4 Å². The van der Waals surface area contributed by atoms with Gasteiger partial charge in [0, 0.05) is 17.9 Å². The van der Waals surface area contributed by atoms with E-state index < -0.39 is 5.97 Å². The van der Waals surface area contributed by atoms with Crippen LogP contribution in [0.4, 0.5) is 5.00 Å². The Balaban J connectivity index is 2.67. The molecule has 1 heterocycles. The minimum Gasteiger partial charge on any atom is -0.462 e. The first kappa shape index (κ1) is 15.7. The number of esters is 1. The zero-order valence-electron chi connectivity index (χ0n) is 11.2. The van der Waals surface area contributed by atoms with Gasteiger partial charge in [-0.2, -0.15) is 0 Å². The van der Waals surface area contributed by atoms with Crippen molar-refractivity contribution in [1.29, 1.82) is 0 Å². The number of carbonyl (C=O) groups excluding carboxylic acids is 2. The number of unbranched alkanes of at least 4 members (excludes halogenated alkanes) is 1. The number of ether oxygens (including phenoxy) is 1. The molecule has 0 fully saturated rings. The summed E-state index contributed by atoms with van der Waals surface area (Å²) in [6.07, 6.45) is 1.56. The van der Waals surface area contributed by atoms with Gasteiger partial charge in [-0.15, -0.1) is 11.3 Å². The van der Waals surface area contributed by atoms with Crippen molar-refractivity contribution in [2.24, 2.45) is 0 Å². The van der Waals surface area contributed by atoms with Crippen LogP contribution < -0.4 is 5.32 Å². The van der Waals surface area contributed by atoms with E-state index in [1.807, 2.05) is 6.92 Å². The van der Waals surface area contributed by atoms with Gasteiger partial charge < -0.3 is 15.2 Å². The Bertz CT molecular complexity index is 442. The number of thiophene rings is 1. The molecule has 1 aromatic rings. The summed E-state index contributed by atoms with van der Waals surface area (Å²) in [6, 6.07) is 1.71. The maximum atomic E-state index is 11.7. The molecule has 6 heteroatoms. The van der Waals surface area contributed by atoms with Crippen LogP contribution in [0.2, 0.25) is 0 Å². The standard InChI is InChI=1S/C13H19NO4S/c1-3-18-13(17)10-8-9(2)19-12(10)14-11(16)6-4-5-7-15/h8,15H,3-7H2,1-2H3,(H,14,16). The summed E-state index contributed by atoms with van der Waals surface area (Å²) >= 11 is 1.35. The fourth-order valence-corrected chi connectivity index (χ4v) is 2.47. The van der Waals surface area contributed by atoms with E-state index in [2.05, 4.69) is 5.32 Å². The van der Waals surface area contributed by atoms with E-state index in [1.165, 1.54) is 11.3 Å². The summed E-state index contributed by atoms with van der Waals surface area (Å²) in [7, 11) is 0. The molecule has 0 radical (unpaired) electrons. The third-order valence-corrected chi connectivity index (χ3v) is 3.38. The molecule has 0 atom stereocenters. The largest absolute Gasteiger partial charge is 0.462 e. The Hall–Kier alpha value is -1.40. The average Bonchev–Trinajstić information content (AvgIpc) is 2.71. The van der Waals surface area contributed by atoms with Gasteiger partial charge in [0.15, 0.2) is 0 Å². The first-order valence-corrected chi connectivity index (χ1v) is 7.08. The molecule has 0 saturated carbocycles. The van der Waals surface area contributed by atoms with Crippen molar-refractivity contribution in [3.05, 3.63) is 16.5 Å². The highest BCUT2D eigenvalue weighted by atomic mass is 32.1. The lowest BCUT2D eigenvalue weighted by atomic mass is 10.2. The predicted molar refractivity (Wildman–Crippen MR) is 74.6 cm³/mol. The molecule has 106 valence electrons. The molecule has 2 N–H and O–H groups in total. The summed E-state index contributed by atoms with van der Waals surface area (Å²) in [6.45, 7) is 4.00. The molecule has 0 aliphatic carbocycles. The molecule has 5 nitrogen and oxygen atoms in total. The third kappa shape index (κ3) is 5.00. The SMILES string of the molecule is CCOC(=O)c1cc(C)sc1NC(=O)CCCCO. The summed E-state index contributed by atoms with van der Waals surface area (Å²) in [5, 5.41) is 11.9. The molecule has 0 saturated heterocycles. The molecule has 0 spiro atoms. The first-order chi connectivity index (χ1) is 9.08. The van der Waals surface area contributed by atoms with Crippen molar-refractivity contribution in [2.45, 2.75) is 33.1 Å². The number of anilines is 1. The van der Waals surface area contributed by atoms with E-state index in [1.54, 1.807) is 13.0 Å². The quantitative estimate of drug-likeness (QED) is 0.595. The topological polar surface area (TPSA) is 75.6 Å². The zero-order chi connectivity index (χ0) is 14.3. The second-order valence-corrected chi connectivity index (χ2v) is 5.31. The maximum absolute atomic E-state index is 11.7. The van der Waals surface area contributed by atoms with Gasteiger partial charge in [0.2, 0.25) is 5.91 Å². The molecule has 0 aliphatic heterocycles. The number of aliphatic hydroxyl groups excluding tert-OH is 1. The van der Waals surface area contributed by atoms with Crippen LogP contribution in [-0.2, 0) is 9.53 Å². The van der Waals surface area contributed by atoms with Gasteiger partial charge in [-0.3, -0.25) is 4.79 Å². The Morgan fingerprint density at radius 2 is 2.16 bits per heavy atom. The summed E-state index contributed by atoms with van der Waals surface area (Å²) < 4.78 is 4.95. The number of nitrogens with one attached hydrogen (secondary N) is 1. The van der Waals surface area contributed by atoms with E-state index in [0.717, 1.165) is 4.88 Å². The second kappa shape index (κ2) is 7.91. The van der Waals surface area contributed by atoms with Gasteiger partial charge in [-0.05, 0) is 32.8 Å². The van der Waals surface area contributed by atoms with E-state index >= 15 is 0 Å². The highest BCUT2D eigenvalue weighted by Crippen LogP contribution is 2.28. The molecule has 1 rings (SSSR count). The smallest absolute Gasteiger partial charge is 0.341 e. The van der Waals surface area contributed by atoms with Crippen molar-refractivity contribution in [3.8, 4) is 0 Å². The number of hydrogen-bond acceptors (Lipinski definition) is 5. The molecule has 1 aromatic heterocycles. The van der Waals surface area contributed by atoms with Crippen LogP contribution in [0.5, 0.6) is 0 Å². The van der Waals surface area contributed by atoms with E-state index in [-0.39, 0.29) is 12.5 Å². The molecular weight excluding hydrogens is 266 g/mol. The van der Waals surface area contributed by atoms with Crippen LogP contribution in [-0.4, -0.2) is 30.2 Å². The van der Waals surface area contributed by atoms with Gasteiger partial charge in [-0.1, -0.05) is 0 Å². The lowest BCUT2D eigenvalue weighted by Gasteiger charge is -2.05. The van der Waals surface area contributed by atoms with Crippen molar-refractivity contribution in [3.63, 3.8) is 0 Å². The van der Waals surface area contributed by atoms with Crippen LogP contribution in [0.15, 0.2) is 6.07 Å². The van der Waals surface area contributed by atoms with Crippen molar-refractivity contribution >= 4 is 28.2 Å². The monoisotopic (exact) mass is 285 g/mol. The van der Waals surface area contributed by atoms with Crippen molar-refractivity contribution in [1.82, 2.24) is 0 Å². The van der Waals surface area contributed by atoms with Crippen LogP contribution >= 0.6 is 11.3 Å². The van der Waals surface area contributed by atoms with Crippen LogP contribution in [0, 0.1) is 6.92 Å². The predicted octanol–water partition coefficient (Wildman–Crippen LogP) is 2.33. The molecule has 0 aromatic carbocycles. The van der Waals surface area contributed by atoms with Crippen LogP contribution in [0.3, 0.4) is 0 Å². The molecule has 0 aliphatic rings. The number of rotatable bonds is 7. The summed E-state index contributed by atoms with van der Waals surface area (Å²) in [5.74, 6) is -0.571. The molecule has 19 heavy (non-hydrogen) atoms. The highest BCUT2D eigenvalue weighted by Gasteiger charge is 2.17. The number of carbonyl (C=O) groups is 2. The minimum absolute atomic E-state index is 0.0828. The van der Waals surface area contributed by atoms with Gasteiger partial charge in [-0.25, -0.2) is 4.79 Å². The number of aliphatic hydroxyl groups is 1.